The Hall–Kier alpha value is -3.43. The first-order valence-electron chi connectivity index (χ1n) is 11.6. The number of nitrogens with one attached hydrogen (secondary N) is 2. The van der Waals surface area contributed by atoms with Gasteiger partial charge in [-0.1, -0.05) is 12.1 Å². The number of nitrogens with zero attached hydrogens (tertiary/aromatic N) is 1. The van der Waals surface area contributed by atoms with Crippen molar-refractivity contribution in [3.05, 3.63) is 76.1 Å². The average molecular weight is 496 g/mol. The van der Waals surface area contributed by atoms with E-state index in [-0.39, 0.29) is 24.3 Å². The van der Waals surface area contributed by atoms with E-state index in [4.69, 9.17) is 9.15 Å². The van der Waals surface area contributed by atoms with Crippen LogP contribution in [0.1, 0.15) is 56.7 Å². The third kappa shape index (κ3) is 7.03. The van der Waals surface area contributed by atoms with Gasteiger partial charge >= 0.3 is 5.97 Å². The lowest BCUT2D eigenvalue weighted by Gasteiger charge is -2.21. The van der Waals surface area contributed by atoms with Crippen LogP contribution in [0.3, 0.4) is 0 Å². The number of carbonyl (C=O) groups is 3. The predicted octanol–water partition coefficient (Wildman–Crippen LogP) is 4.36. The lowest BCUT2D eigenvalue weighted by molar-refractivity contribution is -0.117. The molecule has 0 spiro atoms. The highest BCUT2D eigenvalue weighted by Gasteiger charge is 2.24. The molecular formula is C26H29N3O5S. The van der Waals surface area contributed by atoms with E-state index in [1.807, 2.05) is 48.2 Å². The standard InChI is InChI=1S/C26H29N3O5S/c1-3-33-26(32)24-17(2)13-23(35-24)28-22(30)16-29(15-21-5-4-12-34-21)14-18-6-8-19(9-7-18)25(31)27-20-10-11-20/h4-9,12-13,20H,3,10-11,14-16H2,1-2H3,(H,27,31)(H,28,30). The summed E-state index contributed by atoms with van der Waals surface area (Å²) in [7, 11) is 0. The van der Waals surface area contributed by atoms with Crippen LogP contribution in [0, 0.1) is 6.92 Å². The lowest BCUT2D eigenvalue weighted by Crippen LogP contribution is -2.32. The number of hydrogen-bond donors (Lipinski definition) is 2. The molecule has 1 fully saturated rings. The van der Waals surface area contributed by atoms with Gasteiger partial charge in [0, 0.05) is 18.2 Å². The molecule has 8 nitrogen and oxygen atoms in total. The molecule has 0 bridgehead atoms. The molecule has 4 rings (SSSR count). The van der Waals surface area contributed by atoms with Crippen LogP contribution in [0.15, 0.2) is 53.1 Å². The number of esters is 1. The fourth-order valence-electron chi connectivity index (χ4n) is 3.63. The third-order valence-electron chi connectivity index (χ3n) is 5.50. The highest BCUT2D eigenvalue weighted by molar-refractivity contribution is 7.18. The van der Waals surface area contributed by atoms with Gasteiger partial charge < -0.3 is 19.8 Å². The largest absolute Gasteiger partial charge is 0.468 e. The Morgan fingerprint density at radius 1 is 1.14 bits per heavy atom. The van der Waals surface area contributed by atoms with Crippen LogP contribution in [0.5, 0.6) is 0 Å². The number of thiophene rings is 1. The highest BCUT2D eigenvalue weighted by Crippen LogP contribution is 2.27. The SMILES string of the molecule is CCOC(=O)c1sc(NC(=O)CN(Cc2ccc(C(=O)NC3CC3)cc2)Cc2ccco2)cc1C. The van der Waals surface area contributed by atoms with Crippen molar-refractivity contribution in [2.75, 3.05) is 18.5 Å². The van der Waals surface area contributed by atoms with Gasteiger partial charge in [-0.2, -0.15) is 0 Å². The Morgan fingerprint density at radius 3 is 2.57 bits per heavy atom. The molecule has 1 aliphatic carbocycles. The number of carbonyl (C=O) groups excluding carboxylic acids is 3. The Kier molecular flexibility index (Phi) is 7.99. The number of hydrogen-bond acceptors (Lipinski definition) is 7. The summed E-state index contributed by atoms with van der Waals surface area (Å²) in [6, 6.07) is 13.2. The predicted molar refractivity (Wildman–Crippen MR) is 133 cm³/mol. The summed E-state index contributed by atoms with van der Waals surface area (Å²) in [5, 5.41) is 6.47. The molecule has 0 saturated heterocycles. The van der Waals surface area contributed by atoms with Gasteiger partial charge in [0.1, 0.15) is 10.6 Å². The third-order valence-corrected chi connectivity index (χ3v) is 6.64. The Bertz CT molecular complexity index is 1170. The molecule has 0 atom stereocenters. The van der Waals surface area contributed by atoms with E-state index in [1.165, 1.54) is 11.3 Å². The molecule has 0 aliphatic heterocycles. The zero-order valence-corrected chi connectivity index (χ0v) is 20.7. The number of ether oxygens (including phenoxy) is 1. The first-order chi connectivity index (χ1) is 16.9. The fraction of sp³-hybridized carbons (Fsp3) is 0.346. The van der Waals surface area contributed by atoms with E-state index in [2.05, 4.69) is 10.6 Å². The van der Waals surface area contributed by atoms with Crippen molar-refractivity contribution in [1.29, 1.82) is 0 Å². The second-order valence-corrected chi connectivity index (χ2v) is 9.61. The van der Waals surface area contributed by atoms with Crippen molar-refractivity contribution in [3.8, 4) is 0 Å². The van der Waals surface area contributed by atoms with E-state index < -0.39 is 0 Å². The molecule has 9 heteroatoms. The number of furan rings is 1. The normalized spacial score (nSPS) is 13.0. The quantitative estimate of drug-likeness (QED) is 0.384. The van der Waals surface area contributed by atoms with Crippen molar-refractivity contribution >= 4 is 34.1 Å². The van der Waals surface area contributed by atoms with Gasteiger partial charge in [0.05, 0.1) is 31.0 Å². The monoisotopic (exact) mass is 495 g/mol. The molecule has 2 heterocycles. The molecule has 1 aromatic carbocycles. The van der Waals surface area contributed by atoms with Gasteiger partial charge in [0.15, 0.2) is 0 Å². The summed E-state index contributed by atoms with van der Waals surface area (Å²) in [6.07, 6.45) is 3.69. The van der Waals surface area contributed by atoms with Gasteiger partial charge in [-0.25, -0.2) is 4.79 Å². The molecule has 184 valence electrons. The average Bonchev–Trinajstić information content (AvgIpc) is 3.33. The van der Waals surface area contributed by atoms with Crippen LogP contribution >= 0.6 is 11.3 Å². The number of rotatable bonds is 11. The van der Waals surface area contributed by atoms with Crippen molar-refractivity contribution in [1.82, 2.24) is 10.2 Å². The van der Waals surface area contributed by atoms with Crippen molar-refractivity contribution < 1.29 is 23.5 Å². The van der Waals surface area contributed by atoms with Crippen molar-refractivity contribution in [3.63, 3.8) is 0 Å². The first-order valence-corrected chi connectivity index (χ1v) is 12.4. The van der Waals surface area contributed by atoms with Gasteiger partial charge in [-0.05, 0) is 68.1 Å². The van der Waals surface area contributed by atoms with E-state index in [0.29, 0.717) is 41.2 Å². The Morgan fingerprint density at radius 2 is 1.91 bits per heavy atom. The highest BCUT2D eigenvalue weighted by atomic mass is 32.1. The minimum atomic E-state index is -0.385. The van der Waals surface area contributed by atoms with Gasteiger partial charge in [-0.15, -0.1) is 11.3 Å². The maximum absolute atomic E-state index is 12.9. The zero-order valence-electron chi connectivity index (χ0n) is 19.8. The molecule has 0 radical (unpaired) electrons. The minimum Gasteiger partial charge on any atom is -0.468 e. The first kappa shape index (κ1) is 24.7. The zero-order chi connectivity index (χ0) is 24.8. The number of anilines is 1. The van der Waals surface area contributed by atoms with Crippen LogP contribution < -0.4 is 10.6 Å². The summed E-state index contributed by atoms with van der Waals surface area (Å²) in [5.74, 6) is 0.104. The van der Waals surface area contributed by atoms with Crippen molar-refractivity contribution in [2.45, 2.75) is 45.8 Å². The summed E-state index contributed by atoms with van der Waals surface area (Å²) in [6.45, 7) is 4.93. The summed E-state index contributed by atoms with van der Waals surface area (Å²) < 4.78 is 10.6. The van der Waals surface area contributed by atoms with E-state index in [9.17, 15) is 14.4 Å². The molecule has 0 unspecified atom stereocenters. The van der Waals surface area contributed by atoms with Gasteiger partial charge in [0.25, 0.3) is 5.91 Å². The van der Waals surface area contributed by atoms with Gasteiger partial charge in [-0.3, -0.25) is 14.5 Å². The van der Waals surface area contributed by atoms with E-state index in [1.54, 1.807) is 19.3 Å². The molecule has 3 aromatic rings. The second-order valence-electron chi connectivity index (χ2n) is 8.56. The molecule has 1 aliphatic rings. The van der Waals surface area contributed by atoms with Crippen LogP contribution in [0.2, 0.25) is 0 Å². The second kappa shape index (κ2) is 11.3. The fourth-order valence-corrected chi connectivity index (χ4v) is 4.61. The summed E-state index contributed by atoms with van der Waals surface area (Å²) >= 11 is 1.20. The summed E-state index contributed by atoms with van der Waals surface area (Å²) in [4.78, 5) is 39.6. The number of amides is 2. The van der Waals surface area contributed by atoms with Crippen LogP contribution in [0.25, 0.3) is 0 Å². The van der Waals surface area contributed by atoms with Crippen LogP contribution in [-0.4, -0.2) is 41.9 Å². The topological polar surface area (TPSA) is 101 Å². The maximum Gasteiger partial charge on any atom is 0.348 e. The number of benzene rings is 1. The maximum atomic E-state index is 12.9. The van der Waals surface area contributed by atoms with Gasteiger partial charge in [0.2, 0.25) is 5.91 Å². The molecule has 1 saturated carbocycles. The van der Waals surface area contributed by atoms with Crippen LogP contribution in [-0.2, 0) is 22.6 Å². The Labute approximate surface area is 208 Å². The lowest BCUT2D eigenvalue weighted by atomic mass is 10.1. The van der Waals surface area contributed by atoms with E-state index >= 15 is 0 Å². The smallest absolute Gasteiger partial charge is 0.348 e. The van der Waals surface area contributed by atoms with Crippen molar-refractivity contribution in [2.24, 2.45) is 0 Å². The molecular weight excluding hydrogens is 466 g/mol. The minimum absolute atomic E-state index is 0.0562. The molecule has 2 N–H and O–H groups in total. The summed E-state index contributed by atoms with van der Waals surface area (Å²) in [5.41, 5.74) is 2.37. The molecule has 35 heavy (non-hydrogen) atoms. The molecule has 2 amide bonds. The Balaban J connectivity index is 1.40. The number of aryl methyl sites for hydroxylation is 1. The van der Waals surface area contributed by atoms with E-state index in [0.717, 1.165) is 29.7 Å². The van der Waals surface area contributed by atoms with Crippen LogP contribution in [0.4, 0.5) is 5.00 Å². The molecule has 2 aromatic heterocycles.